The first-order valence-electron chi connectivity index (χ1n) is 9.13. The molecule has 26 heavy (non-hydrogen) atoms. The fraction of sp³-hybridized carbons (Fsp3) is 0.600. The Morgan fingerprint density at radius 2 is 1.73 bits per heavy atom. The Morgan fingerprint density at radius 1 is 1.12 bits per heavy atom. The van der Waals surface area contributed by atoms with Gasteiger partial charge in [-0.15, -0.1) is 0 Å². The number of benzene rings is 1. The quantitative estimate of drug-likeness (QED) is 0.790. The van der Waals surface area contributed by atoms with Crippen LogP contribution in [0.4, 0.5) is 5.69 Å². The molecule has 1 N–H and O–H groups in total. The fourth-order valence-corrected chi connectivity index (χ4v) is 2.94. The predicted octanol–water partition coefficient (Wildman–Crippen LogP) is 2.94. The number of carbonyl (C=O) groups excluding carboxylic acids is 2. The fourth-order valence-electron chi connectivity index (χ4n) is 2.94. The van der Waals surface area contributed by atoms with Crippen molar-refractivity contribution in [2.75, 3.05) is 38.7 Å². The van der Waals surface area contributed by atoms with Gasteiger partial charge in [0.15, 0.2) is 0 Å². The highest BCUT2D eigenvalue weighted by atomic mass is 16.5. The van der Waals surface area contributed by atoms with Crippen molar-refractivity contribution in [3.63, 3.8) is 0 Å². The molecule has 0 aliphatic carbocycles. The van der Waals surface area contributed by atoms with Crippen LogP contribution >= 0.6 is 0 Å². The first-order valence-corrected chi connectivity index (χ1v) is 9.13. The average Bonchev–Trinajstić information content (AvgIpc) is 2.62. The van der Waals surface area contributed by atoms with Crippen LogP contribution in [0.1, 0.15) is 33.6 Å². The third kappa shape index (κ3) is 5.73. The number of hydrogen-bond acceptors (Lipinski definition) is 4. The Balaban J connectivity index is 1.81. The van der Waals surface area contributed by atoms with Crippen molar-refractivity contribution in [3.05, 3.63) is 24.3 Å². The van der Waals surface area contributed by atoms with Crippen LogP contribution in [0.5, 0.6) is 5.75 Å². The lowest BCUT2D eigenvalue weighted by Crippen LogP contribution is -2.45. The maximum absolute atomic E-state index is 12.5. The zero-order valence-electron chi connectivity index (χ0n) is 16.2. The zero-order valence-corrected chi connectivity index (χ0v) is 16.2. The Morgan fingerprint density at radius 3 is 2.27 bits per heavy atom. The molecule has 0 aromatic heterocycles. The highest BCUT2D eigenvalue weighted by molar-refractivity contribution is 5.92. The van der Waals surface area contributed by atoms with Gasteiger partial charge in [0.1, 0.15) is 12.4 Å². The molecule has 1 heterocycles. The summed E-state index contributed by atoms with van der Waals surface area (Å²) in [5.74, 6) is 0.854. The topological polar surface area (TPSA) is 67.9 Å². The minimum atomic E-state index is -0.373. The van der Waals surface area contributed by atoms with E-state index in [1.54, 1.807) is 7.11 Å². The van der Waals surface area contributed by atoms with Gasteiger partial charge in [0, 0.05) is 37.2 Å². The van der Waals surface area contributed by atoms with Crippen molar-refractivity contribution in [1.82, 2.24) is 4.90 Å². The molecule has 0 atom stereocenters. The molecule has 6 nitrogen and oxygen atoms in total. The normalized spacial score (nSPS) is 15.6. The lowest BCUT2D eigenvalue weighted by atomic mass is 9.90. The number of methoxy groups -OCH3 is 1. The molecule has 1 aliphatic rings. The first-order chi connectivity index (χ1) is 12.3. The standard InChI is InChI=1S/C20H30N2O4/c1-20(2,3)19(24)22-11-9-15(10-12-22)18(23)21-16-5-7-17(8-6-16)26-14-13-25-4/h5-8,15H,9-14H2,1-4H3,(H,21,23). The van der Waals surface area contributed by atoms with E-state index in [-0.39, 0.29) is 23.1 Å². The SMILES string of the molecule is COCCOc1ccc(NC(=O)C2CCN(C(=O)C(C)(C)C)CC2)cc1. The number of ether oxygens (including phenoxy) is 2. The molecule has 1 aromatic carbocycles. The summed E-state index contributed by atoms with van der Waals surface area (Å²) in [7, 11) is 1.63. The summed E-state index contributed by atoms with van der Waals surface area (Å²) >= 11 is 0. The third-order valence-electron chi connectivity index (χ3n) is 4.47. The van der Waals surface area contributed by atoms with Crippen molar-refractivity contribution < 1.29 is 19.1 Å². The molecular formula is C20H30N2O4. The maximum atomic E-state index is 12.5. The number of carbonyl (C=O) groups is 2. The summed E-state index contributed by atoms with van der Waals surface area (Å²) in [6.45, 7) is 8.09. The van der Waals surface area contributed by atoms with Gasteiger partial charge in [-0.25, -0.2) is 0 Å². The van der Waals surface area contributed by atoms with E-state index in [0.717, 1.165) is 11.4 Å². The maximum Gasteiger partial charge on any atom is 0.227 e. The molecule has 1 aromatic rings. The molecule has 144 valence electrons. The smallest absolute Gasteiger partial charge is 0.227 e. The van der Waals surface area contributed by atoms with E-state index in [9.17, 15) is 9.59 Å². The van der Waals surface area contributed by atoms with Crippen LogP contribution in [0.15, 0.2) is 24.3 Å². The predicted molar refractivity (Wildman–Crippen MR) is 101 cm³/mol. The minimum absolute atomic E-state index is 0.0147. The second-order valence-corrected chi connectivity index (χ2v) is 7.67. The van der Waals surface area contributed by atoms with Crippen LogP contribution in [-0.2, 0) is 14.3 Å². The van der Waals surface area contributed by atoms with Crippen LogP contribution < -0.4 is 10.1 Å². The van der Waals surface area contributed by atoms with Crippen LogP contribution in [0.25, 0.3) is 0 Å². The van der Waals surface area contributed by atoms with Gasteiger partial charge in [-0.1, -0.05) is 20.8 Å². The van der Waals surface area contributed by atoms with Crippen LogP contribution in [0.2, 0.25) is 0 Å². The van der Waals surface area contributed by atoms with E-state index in [1.165, 1.54) is 0 Å². The highest BCUT2D eigenvalue weighted by Gasteiger charge is 2.32. The van der Waals surface area contributed by atoms with Crippen LogP contribution in [0, 0.1) is 11.3 Å². The summed E-state index contributed by atoms with van der Waals surface area (Å²) in [5, 5.41) is 2.96. The van der Waals surface area contributed by atoms with Crippen LogP contribution in [0.3, 0.4) is 0 Å². The first kappa shape index (κ1) is 20.2. The second kappa shape index (κ2) is 9.03. The Hall–Kier alpha value is -2.08. The average molecular weight is 362 g/mol. The number of rotatable bonds is 6. The van der Waals surface area contributed by atoms with Crippen LogP contribution in [-0.4, -0.2) is 50.1 Å². The Labute approximate surface area is 155 Å². The van der Waals surface area contributed by atoms with Gasteiger partial charge in [0.2, 0.25) is 11.8 Å². The van der Waals surface area contributed by atoms with Gasteiger partial charge in [-0.2, -0.15) is 0 Å². The molecule has 1 aliphatic heterocycles. The molecule has 0 unspecified atom stereocenters. The van der Waals surface area contributed by atoms with Gasteiger partial charge in [0.25, 0.3) is 0 Å². The Kier molecular flexibility index (Phi) is 7.03. The Bertz CT molecular complexity index is 599. The van der Waals surface area contributed by atoms with E-state index in [4.69, 9.17) is 9.47 Å². The van der Waals surface area contributed by atoms with Crippen molar-refractivity contribution in [2.45, 2.75) is 33.6 Å². The van der Waals surface area contributed by atoms with Gasteiger partial charge < -0.3 is 19.7 Å². The molecule has 1 saturated heterocycles. The van der Waals surface area contributed by atoms with E-state index in [2.05, 4.69) is 5.32 Å². The number of piperidine rings is 1. The summed E-state index contributed by atoms with van der Waals surface area (Å²) in [6, 6.07) is 7.32. The van der Waals surface area contributed by atoms with Crippen molar-refractivity contribution in [1.29, 1.82) is 0 Å². The number of likely N-dealkylation sites (tertiary alicyclic amines) is 1. The number of nitrogens with one attached hydrogen (secondary N) is 1. The zero-order chi connectivity index (χ0) is 19.2. The lowest BCUT2D eigenvalue weighted by Gasteiger charge is -2.35. The highest BCUT2D eigenvalue weighted by Crippen LogP contribution is 2.25. The van der Waals surface area contributed by atoms with Crippen molar-refractivity contribution in [3.8, 4) is 5.75 Å². The number of hydrogen-bond donors (Lipinski definition) is 1. The number of amides is 2. The van der Waals surface area contributed by atoms with Gasteiger partial charge >= 0.3 is 0 Å². The number of anilines is 1. The minimum Gasteiger partial charge on any atom is -0.491 e. The molecule has 0 saturated carbocycles. The summed E-state index contributed by atoms with van der Waals surface area (Å²) in [4.78, 5) is 26.7. The molecule has 6 heteroatoms. The van der Waals surface area contributed by atoms with E-state index < -0.39 is 0 Å². The van der Waals surface area contributed by atoms with Gasteiger partial charge in [-0.05, 0) is 37.1 Å². The second-order valence-electron chi connectivity index (χ2n) is 7.67. The molecular weight excluding hydrogens is 332 g/mol. The molecule has 2 amide bonds. The van der Waals surface area contributed by atoms with Gasteiger partial charge in [0.05, 0.1) is 6.61 Å². The summed E-state index contributed by atoms with van der Waals surface area (Å²) in [5.41, 5.74) is 0.379. The molecule has 2 rings (SSSR count). The third-order valence-corrected chi connectivity index (χ3v) is 4.47. The molecule has 1 fully saturated rings. The van der Waals surface area contributed by atoms with E-state index >= 15 is 0 Å². The van der Waals surface area contributed by atoms with E-state index in [0.29, 0.717) is 39.1 Å². The summed E-state index contributed by atoms with van der Waals surface area (Å²) < 4.78 is 10.5. The number of nitrogens with zero attached hydrogens (tertiary/aromatic N) is 1. The molecule has 0 radical (unpaired) electrons. The largest absolute Gasteiger partial charge is 0.491 e. The lowest BCUT2D eigenvalue weighted by molar-refractivity contribution is -0.142. The molecule has 0 bridgehead atoms. The monoisotopic (exact) mass is 362 g/mol. The van der Waals surface area contributed by atoms with Gasteiger partial charge in [-0.3, -0.25) is 9.59 Å². The van der Waals surface area contributed by atoms with E-state index in [1.807, 2.05) is 49.9 Å². The summed E-state index contributed by atoms with van der Waals surface area (Å²) in [6.07, 6.45) is 1.40. The van der Waals surface area contributed by atoms with Crippen molar-refractivity contribution in [2.24, 2.45) is 11.3 Å². The van der Waals surface area contributed by atoms with Crippen molar-refractivity contribution >= 4 is 17.5 Å². The molecule has 0 spiro atoms.